The molecule has 1 amide bonds. The van der Waals surface area contributed by atoms with Gasteiger partial charge in [-0.1, -0.05) is 6.07 Å². The predicted molar refractivity (Wildman–Crippen MR) is 78.8 cm³/mol. The van der Waals surface area contributed by atoms with E-state index in [4.69, 9.17) is 4.74 Å². The molecule has 0 aliphatic heterocycles. The van der Waals surface area contributed by atoms with Gasteiger partial charge in [-0.2, -0.15) is 0 Å². The molecule has 8 heteroatoms. The largest absolute Gasteiger partial charge is 0.479 e. The lowest BCUT2D eigenvalue weighted by atomic mass is 10.3. The molecule has 0 saturated heterocycles. The highest BCUT2D eigenvalue weighted by molar-refractivity contribution is 5.96. The van der Waals surface area contributed by atoms with Crippen LogP contribution in [-0.2, 0) is 13.6 Å². The monoisotopic (exact) mass is 306 g/mol. The first-order chi connectivity index (χ1) is 10.5. The van der Waals surface area contributed by atoms with Gasteiger partial charge in [0.1, 0.15) is 5.56 Å². The maximum Gasteiger partial charge on any atom is 0.258 e. The first-order valence-electron chi connectivity index (χ1n) is 6.70. The number of carbonyl (C=O) groups excluding carboxylic acids is 1. The smallest absolute Gasteiger partial charge is 0.258 e. The maximum atomic E-state index is 12.0. The molecule has 0 fully saturated rings. The molecule has 0 aromatic carbocycles. The number of aromatic nitrogens is 3. The molecule has 0 spiro atoms. The van der Waals surface area contributed by atoms with Crippen molar-refractivity contribution >= 4 is 5.91 Å². The first kappa shape index (κ1) is 15.8. The summed E-state index contributed by atoms with van der Waals surface area (Å²) in [6, 6.07) is 4.74. The van der Waals surface area contributed by atoms with Crippen LogP contribution in [0, 0.1) is 0 Å². The first-order valence-corrected chi connectivity index (χ1v) is 6.70. The van der Waals surface area contributed by atoms with Crippen LogP contribution in [-0.4, -0.2) is 45.1 Å². The number of nitrogens with one attached hydrogen (secondary N) is 1. The fraction of sp³-hybridized carbons (Fsp3) is 0.357. The highest BCUT2D eigenvalue weighted by Gasteiger charge is 2.17. The van der Waals surface area contributed by atoms with Crippen LogP contribution in [0.25, 0.3) is 0 Å². The summed E-state index contributed by atoms with van der Waals surface area (Å²) in [5.74, 6) is -0.182. The number of nitrogens with zero attached hydrogens (tertiary/aromatic N) is 3. The molecular weight excluding hydrogens is 288 g/mol. The third kappa shape index (κ3) is 3.73. The van der Waals surface area contributed by atoms with E-state index in [2.05, 4.69) is 10.4 Å². The molecule has 0 aliphatic carbocycles. The van der Waals surface area contributed by atoms with Crippen molar-refractivity contribution in [3.05, 3.63) is 46.5 Å². The summed E-state index contributed by atoms with van der Waals surface area (Å²) in [4.78, 5) is 23.6. The quantitative estimate of drug-likeness (QED) is 0.741. The summed E-state index contributed by atoms with van der Waals surface area (Å²) in [5, 5.41) is 16.5. The van der Waals surface area contributed by atoms with E-state index >= 15 is 0 Å². The van der Waals surface area contributed by atoms with Gasteiger partial charge < -0.3 is 19.7 Å². The molecule has 1 atom stereocenters. The number of hydrogen-bond donors (Lipinski definition) is 2. The van der Waals surface area contributed by atoms with Crippen molar-refractivity contribution in [2.24, 2.45) is 7.05 Å². The lowest BCUT2D eigenvalue weighted by Gasteiger charge is -2.13. The molecule has 0 aliphatic rings. The standard InChI is InChI=1S/C14H18N4O4/c1-17-9-11(14(16-17)22-2)13(21)15-7-10(19)8-18-6-4-3-5-12(18)20/h3-6,9-10,19H,7-8H2,1-2H3,(H,15,21). The second-order valence-corrected chi connectivity index (χ2v) is 4.78. The predicted octanol–water partition coefficient (Wildman–Crippen LogP) is -0.619. The lowest BCUT2D eigenvalue weighted by Crippen LogP contribution is -2.36. The van der Waals surface area contributed by atoms with Crippen molar-refractivity contribution in [2.45, 2.75) is 12.6 Å². The number of aliphatic hydroxyl groups excluding tert-OH is 1. The van der Waals surface area contributed by atoms with Crippen LogP contribution >= 0.6 is 0 Å². The van der Waals surface area contributed by atoms with E-state index in [-0.39, 0.29) is 30.1 Å². The molecule has 0 saturated carbocycles. The Labute approximate surface area is 126 Å². The second-order valence-electron chi connectivity index (χ2n) is 4.78. The van der Waals surface area contributed by atoms with Crippen LogP contribution in [0.4, 0.5) is 0 Å². The minimum atomic E-state index is -0.883. The molecule has 0 radical (unpaired) electrons. The average molecular weight is 306 g/mol. The van der Waals surface area contributed by atoms with Crippen LogP contribution in [0.5, 0.6) is 5.88 Å². The number of pyridine rings is 1. The molecule has 2 heterocycles. The molecule has 2 aromatic heterocycles. The molecule has 22 heavy (non-hydrogen) atoms. The fourth-order valence-electron chi connectivity index (χ4n) is 1.98. The van der Waals surface area contributed by atoms with E-state index in [1.165, 1.54) is 28.6 Å². The zero-order valence-electron chi connectivity index (χ0n) is 12.4. The van der Waals surface area contributed by atoms with Gasteiger partial charge in [0.25, 0.3) is 11.5 Å². The van der Waals surface area contributed by atoms with Crippen LogP contribution in [0.2, 0.25) is 0 Å². The third-order valence-corrected chi connectivity index (χ3v) is 3.04. The molecule has 2 aromatic rings. The molecule has 118 valence electrons. The summed E-state index contributed by atoms with van der Waals surface area (Å²) < 4.78 is 7.85. The van der Waals surface area contributed by atoms with E-state index in [1.54, 1.807) is 25.4 Å². The van der Waals surface area contributed by atoms with Crippen LogP contribution in [0.1, 0.15) is 10.4 Å². The number of aliphatic hydroxyl groups is 1. The molecule has 0 bridgehead atoms. The summed E-state index contributed by atoms with van der Waals surface area (Å²) >= 11 is 0. The Balaban J connectivity index is 1.93. The van der Waals surface area contributed by atoms with Gasteiger partial charge in [-0.25, -0.2) is 0 Å². The summed E-state index contributed by atoms with van der Waals surface area (Å²) in [5.41, 5.74) is 0.0795. The van der Waals surface area contributed by atoms with Crippen molar-refractivity contribution in [2.75, 3.05) is 13.7 Å². The van der Waals surface area contributed by atoms with Crippen LogP contribution in [0.3, 0.4) is 0 Å². The van der Waals surface area contributed by atoms with Gasteiger partial charge in [-0.3, -0.25) is 14.3 Å². The number of ether oxygens (including phenoxy) is 1. The van der Waals surface area contributed by atoms with E-state index in [9.17, 15) is 14.7 Å². The van der Waals surface area contributed by atoms with Gasteiger partial charge in [0.2, 0.25) is 5.88 Å². The van der Waals surface area contributed by atoms with Gasteiger partial charge in [-0.15, -0.1) is 5.10 Å². The number of hydrogen-bond acceptors (Lipinski definition) is 5. The Morgan fingerprint density at radius 3 is 2.95 bits per heavy atom. The van der Waals surface area contributed by atoms with Gasteiger partial charge in [0.05, 0.1) is 19.8 Å². The van der Waals surface area contributed by atoms with E-state index in [0.29, 0.717) is 0 Å². The Kier molecular flexibility index (Phi) is 4.95. The van der Waals surface area contributed by atoms with Crippen LogP contribution in [0.15, 0.2) is 35.4 Å². The summed E-state index contributed by atoms with van der Waals surface area (Å²) in [6.45, 7) is 0.113. The minimum absolute atomic E-state index is 0.0121. The van der Waals surface area contributed by atoms with Gasteiger partial charge in [0, 0.05) is 32.1 Å². The number of rotatable bonds is 6. The Hall–Kier alpha value is -2.61. The normalized spacial score (nSPS) is 12.0. The molecular formula is C14H18N4O4. The fourth-order valence-corrected chi connectivity index (χ4v) is 1.98. The third-order valence-electron chi connectivity index (χ3n) is 3.04. The molecule has 2 rings (SSSR count). The van der Waals surface area contributed by atoms with Crippen molar-refractivity contribution < 1.29 is 14.6 Å². The number of carbonyl (C=O) groups is 1. The van der Waals surface area contributed by atoms with Crippen molar-refractivity contribution in [1.82, 2.24) is 19.7 Å². The van der Waals surface area contributed by atoms with Crippen LogP contribution < -0.4 is 15.6 Å². The second kappa shape index (κ2) is 6.90. The topological polar surface area (TPSA) is 98.4 Å². The minimum Gasteiger partial charge on any atom is -0.479 e. The highest BCUT2D eigenvalue weighted by atomic mass is 16.5. The molecule has 8 nitrogen and oxygen atoms in total. The van der Waals surface area contributed by atoms with Crippen molar-refractivity contribution in [3.8, 4) is 5.88 Å². The number of methoxy groups -OCH3 is 1. The van der Waals surface area contributed by atoms with Gasteiger partial charge in [-0.05, 0) is 6.07 Å². The summed E-state index contributed by atoms with van der Waals surface area (Å²) in [6.07, 6.45) is 2.23. The summed E-state index contributed by atoms with van der Waals surface area (Å²) in [7, 11) is 3.10. The van der Waals surface area contributed by atoms with Crippen molar-refractivity contribution in [3.63, 3.8) is 0 Å². The van der Waals surface area contributed by atoms with E-state index < -0.39 is 12.0 Å². The number of aryl methyl sites for hydroxylation is 1. The maximum absolute atomic E-state index is 12.0. The molecule has 1 unspecified atom stereocenters. The lowest BCUT2D eigenvalue weighted by molar-refractivity contribution is 0.0900. The number of amides is 1. The van der Waals surface area contributed by atoms with Crippen molar-refractivity contribution in [1.29, 1.82) is 0 Å². The SMILES string of the molecule is COc1nn(C)cc1C(=O)NCC(O)Cn1ccccc1=O. The van der Waals surface area contributed by atoms with E-state index in [1.807, 2.05) is 0 Å². The Morgan fingerprint density at radius 2 is 2.27 bits per heavy atom. The highest BCUT2D eigenvalue weighted by Crippen LogP contribution is 2.14. The zero-order valence-corrected chi connectivity index (χ0v) is 12.4. The van der Waals surface area contributed by atoms with E-state index in [0.717, 1.165) is 0 Å². The Bertz CT molecular complexity index is 707. The average Bonchev–Trinajstić information content (AvgIpc) is 2.88. The van der Waals surface area contributed by atoms with Gasteiger partial charge in [0.15, 0.2) is 0 Å². The van der Waals surface area contributed by atoms with Gasteiger partial charge >= 0.3 is 0 Å². The zero-order chi connectivity index (χ0) is 16.1. The Morgan fingerprint density at radius 1 is 1.50 bits per heavy atom. The molecule has 2 N–H and O–H groups in total.